The number of sulfone groups is 1. The summed E-state index contributed by atoms with van der Waals surface area (Å²) < 4.78 is 23.5. The molecule has 1 saturated carbocycles. The lowest BCUT2D eigenvalue weighted by Gasteiger charge is -2.23. The van der Waals surface area contributed by atoms with Gasteiger partial charge in [0.1, 0.15) is 10.6 Å². The summed E-state index contributed by atoms with van der Waals surface area (Å²) in [5, 5.41) is 20.1. The van der Waals surface area contributed by atoms with E-state index < -0.39 is 20.4 Å². The third-order valence-electron chi connectivity index (χ3n) is 3.32. The summed E-state index contributed by atoms with van der Waals surface area (Å²) in [5.41, 5.74) is -0.120. The van der Waals surface area contributed by atoms with E-state index in [1.807, 2.05) is 6.07 Å². The molecule has 0 N–H and O–H groups in total. The van der Waals surface area contributed by atoms with Crippen LogP contribution in [-0.2, 0) is 9.84 Å². The highest BCUT2D eigenvalue weighted by Gasteiger charge is 2.35. The van der Waals surface area contributed by atoms with E-state index in [9.17, 15) is 18.5 Å². The van der Waals surface area contributed by atoms with E-state index in [1.165, 1.54) is 12.1 Å². The fraction of sp³-hybridized carbons (Fsp3) is 0.462. The van der Waals surface area contributed by atoms with E-state index in [4.69, 9.17) is 5.26 Å². The van der Waals surface area contributed by atoms with Gasteiger partial charge in [0.25, 0.3) is 0 Å². The van der Waals surface area contributed by atoms with E-state index >= 15 is 0 Å². The van der Waals surface area contributed by atoms with Crippen LogP contribution in [0.4, 0.5) is 11.4 Å². The lowest BCUT2D eigenvalue weighted by atomic mass is 10.2. The molecule has 1 aliphatic rings. The Balaban J connectivity index is 2.57. The van der Waals surface area contributed by atoms with Gasteiger partial charge >= 0.3 is 5.69 Å². The smallest absolute Gasteiger partial charge is 0.311 e. The largest absolute Gasteiger partial charge is 0.362 e. The average Bonchev–Trinajstić information content (AvgIpc) is 3.22. The molecule has 1 fully saturated rings. The number of hydrogen-bond donors (Lipinski definition) is 0. The summed E-state index contributed by atoms with van der Waals surface area (Å²) in [6, 6.07) is 6.45. The van der Waals surface area contributed by atoms with Crippen molar-refractivity contribution in [2.24, 2.45) is 0 Å². The van der Waals surface area contributed by atoms with Gasteiger partial charge < -0.3 is 4.90 Å². The molecule has 0 aliphatic heterocycles. The zero-order chi connectivity index (χ0) is 15.6. The van der Waals surface area contributed by atoms with Crippen molar-refractivity contribution in [1.29, 1.82) is 5.26 Å². The fourth-order valence-corrected chi connectivity index (χ4v) is 3.14. The first-order chi connectivity index (χ1) is 9.86. The van der Waals surface area contributed by atoms with E-state index in [0.717, 1.165) is 19.1 Å². The molecule has 0 heterocycles. The lowest BCUT2D eigenvalue weighted by molar-refractivity contribution is -0.387. The van der Waals surface area contributed by atoms with Crippen LogP contribution >= 0.6 is 0 Å². The first-order valence-corrected chi connectivity index (χ1v) is 8.36. The summed E-state index contributed by atoms with van der Waals surface area (Å²) in [6.45, 7) is 0.356. The molecule has 0 bridgehead atoms. The molecule has 21 heavy (non-hydrogen) atoms. The molecule has 0 atom stereocenters. The normalized spacial score (nSPS) is 14.5. The number of benzene rings is 1. The summed E-state index contributed by atoms with van der Waals surface area (Å²) in [6.07, 6.45) is 2.98. The summed E-state index contributed by atoms with van der Waals surface area (Å²) in [5.74, 6) is 0. The molecule has 1 aromatic rings. The van der Waals surface area contributed by atoms with Crippen molar-refractivity contribution in [2.45, 2.75) is 30.2 Å². The van der Waals surface area contributed by atoms with Gasteiger partial charge in [0.05, 0.1) is 17.4 Å². The van der Waals surface area contributed by atoms with Gasteiger partial charge in [0.2, 0.25) is 0 Å². The van der Waals surface area contributed by atoms with Gasteiger partial charge in [-0.1, -0.05) is 6.07 Å². The maximum atomic E-state index is 11.8. The summed E-state index contributed by atoms with van der Waals surface area (Å²) >= 11 is 0. The van der Waals surface area contributed by atoms with Crippen LogP contribution in [0.15, 0.2) is 23.1 Å². The Morgan fingerprint density at radius 3 is 2.62 bits per heavy atom. The highest BCUT2D eigenvalue weighted by atomic mass is 32.2. The number of nitro benzene ring substituents is 1. The summed E-state index contributed by atoms with van der Waals surface area (Å²) in [7, 11) is -3.69. The number of para-hydroxylation sites is 1. The molecule has 112 valence electrons. The summed E-state index contributed by atoms with van der Waals surface area (Å²) in [4.78, 5) is 12.2. The molecule has 8 heteroatoms. The highest BCUT2D eigenvalue weighted by molar-refractivity contribution is 7.90. The van der Waals surface area contributed by atoms with Crippen molar-refractivity contribution in [3.05, 3.63) is 28.3 Å². The van der Waals surface area contributed by atoms with Crippen LogP contribution in [0.1, 0.15) is 19.3 Å². The van der Waals surface area contributed by atoms with Gasteiger partial charge in [-0.25, -0.2) is 8.42 Å². The predicted molar refractivity (Wildman–Crippen MR) is 76.8 cm³/mol. The zero-order valence-corrected chi connectivity index (χ0v) is 12.3. The minimum absolute atomic E-state index is 0.145. The van der Waals surface area contributed by atoms with Gasteiger partial charge in [-0.05, 0) is 25.0 Å². The van der Waals surface area contributed by atoms with Crippen molar-refractivity contribution >= 4 is 21.2 Å². The second-order valence-electron chi connectivity index (χ2n) is 4.99. The number of rotatable bonds is 6. The van der Waals surface area contributed by atoms with Gasteiger partial charge in [0.15, 0.2) is 9.84 Å². The monoisotopic (exact) mass is 309 g/mol. The van der Waals surface area contributed by atoms with Crippen LogP contribution in [0.25, 0.3) is 0 Å². The SMILES string of the molecule is CS(=O)(=O)c1cccc(N(CCC#N)C2CC2)c1[N+](=O)[O-]. The number of anilines is 1. The molecule has 1 aliphatic carbocycles. The number of hydrogen-bond acceptors (Lipinski definition) is 6. The van der Waals surface area contributed by atoms with Crippen LogP contribution in [-0.4, -0.2) is 32.2 Å². The van der Waals surface area contributed by atoms with E-state index in [1.54, 1.807) is 11.0 Å². The average molecular weight is 309 g/mol. The number of nitro groups is 1. The molecule has 0 unspecified atom stereocenters. The molecule has 0 aromatic heterocycles. The number of nitrogens with zero attached hydrogens (tertiary/aromatic N) is 3. The Morgan fingerprint density at radius 2 is 2.14 bits per heavy atom. The molecule has 0 amide bonds. The van der Waals surface area contributed by atoms with E-state index in [2.05, 4.69) is 0 Å². The fourth-order valence-electron chi connectivity index (χ4n) is 2.28. The molecule has 0 radical (unpaired) electrons. The van der Waals surface area contributed by atoms with Gasteiger partial charge in [-0.2, -0.15) is 5.26 Å². The maximum Gasteiger partial charge on any atom is 0.311 e. The number of nitriles is 1. The van der Waals surface area contributed by atoms with Crippen LogP contribution < -0.4 is 4.90 Å². The van der Waals surface area contributed by atoms with Crippen molar-refractivity contribution in [1.82, 2.24) is 0 Å². The molecule has 2 rings (SSSR count). The minimum atomic E-state index is -3.69. The van der Waals surface area contributed by atoms with Crippen molar-refractivity contribution in [2.75, 3.05) is 17.7 Å². The van der Waals surface area contributed by atoms with Crippen molar-refractivity contribution in [3.63, 3.8) is 0 Å². The molecule has 1 aromatic carbocycles. The second-order valence-corrected chi connectivity index (χ2v) is 6.97. The van der Waals surface area contributed by atoms with Crippen LogP contribution in [0, 0.1) is 21.4 Å². The molecule has 7 nitrogen and oxygen atoms in total. The maximum absolute atomic E-state index is 11.8. The van der Waals surface area contributed by atoms with Crippen LogP contribution in [0.5, 0.6) is 0 Å². The van der Waals surface area contributed by atoms with Gasteiger partial charge in [-0.3, -0.25) is 10.1 Å². The van der Waals surface area contributed by atoms with Gasteiger partial charge in [0, 0.05) is 18.8 Å². The Labute approximate surface area is 122 Å². The third-order valence-corrected chi connectivity index (χ3v) is 4.45. The Morgan fingerprint density at radius 1 is 1.48 bits per heavy atom. The first-order valence-electron chi connectivity index (χ1n) is 6.47. The van der Waals surface area contributed by atoms with Crippen LogP contribution in [0.3, 0.4) is 0 Å². The van der Waals surface area contributed by atoms with Crippen LogP contribution in [0.2, 0.25) is 0 Å². The predicted octanol–water partition coefficient (Wildman–Crippen LogP) is 1.88. The minimum Gasteiger partial charge on any atom is -0.362 e. The van der Waals surface area contributed by atoms with Gasteiger partial charge in [-0.15, -0.1) is 0 Å². The molecule has 0 saturated heterocycles. The Hall–Kier alpha value is -2.14. The first kappa shape index (κ1) is 15.3. The third kappa shape index (κ3) is 3.31. The quantitative estimate of drug-likeness (QED) is 0.587. The Bertz CT molecular complexity index is 705. The van der Waals surface area contributed by atoms with E-state index in [0.29, 0.717) is 6.54 Å². The highest BCUT2D eigenvalue weighted by Crippen LogP contribution is 2.40. The molecular formula is C13H15N3O4S. The zero-order valence-electron chi connectivity index (χ0n) is 11.5. The second kappa shape index (κ2) is 5.69. The standard InChI is InChI=1S/C13H15N3O4S/c1-21(19,20)12-5-2-4-11(13(12)16(17)18)15(9-3-8-14)10-6-7-10/h2,4-5,10H,3,6-7,9H2,1H3. The Kier molecular flexibility index (Phi) is 4.14. The molecular weight excluding hydrogens is 294 g/mol. The molecule has 0 spiro atoms. The lowest BCUT2D eigenvalue weighted by Crippen LogP contribution is -2.27. The van der Waals surface area contributed by atoms with Crippen molar-refractivity contribution < 1.29 is 13.3 Å². The van der Waals surface area contributed by atoms with Crippen molar-refractivity contribution in [3.8, 4) is 6.07 Å². The topological polar surface area (TPSA) is 104 Å². The van der Waals surface area contributed by atoms with E-state index in [-0.39, 0.29) is 23.0 Å².